The van der Waals surface area contributed by atoms with E-state index in [4.69, 9.17) is 0 Å². The standard InChI is InChI=1S/C19H23NO2/c1-20(2)13-17-9-10-18(21)12-19(17,22)16-8-7-14-5-3-4-6-15(14)11-16/h3-8,11,17,22H,9-10,12-13H2,1-2H3/t17-,19+/m1/s1. The minimum absolute atomic E-state index is 0.0846. The second-order valence-corrected chi connectivity index (χ2v) is 6.70. The van der Waals surface area contributed by atoms with Gasteiger partial charge in [0.25, 0.3) is 0 Å². The number of benzene rings is 2. The molecule has 1 aliphatic rings. The van der Waals surface area contributed by atoms with Crippen LogP contribution in [0.3, 0.4) is 0 Å². The van der Waals surface area contributed by atoms with E-state index in [0.717, 1.165) is 29.3 Å². The third-order valence-electron chi connectivity index (χ3n) is 4.75. The molecule has 22 heavy (non-hydrogen) atoms. The summed E-state index contributed by atoms with van der Waals surface area (Å²) in [5.74, 6) is 0.243. The number of carbonyl (C=O) groups is 1. The van der Waals surface area contributed by atoms with Gasteiger partial charge in [0.1, 0.15) is 11.4 Å². The molecule has 0 heterocycles. The highest BCUT2D eigenvalue weighted by molar-refractivity contribution is 5.84. The maximum absolute atomic E-state index is 12.0. The lowest BCUT2D eigenvalue weighted by molar-refractivity contribution is -0.135. The van der Waals surface area contributed by atoms with Gasteiger partial charge in [-0.2, -0.15) is 0 Å². The fourth-order valence-electron chi connectivity index (χ4n) is 3.59. The quantitative estimate of drug-likeness (QED) is 0.947. The predicted octanol–water partition coefficient (Wildman–Crippen LogP) is 2.96. The summed E-state index contributed by atoms with van der Waals surface area (Å²) in [6.07, 6.45) is 1.55. The fraction of sp³-hybridized carbons (Fsp3) is 0.421. The first-order valence-corrected chi connectivity index (χ1v) is 7.87. The Labute approximate surface area is 131 Å². The van der Waals surface area contributed by atoms with Crippen LogP contribution in [-0.2, 0) is 10.4 Å². The Hall–Kier alpha value is -1.71. The first kappa shape index (κ1) is 15.2. The Morgan fingerprint density at radius 1 is 1.18 bits per heavy atom. The second-order valence-electron chi connectivity index (χ2n) is 6.70. The van der Waals surface area contributed by atoms with Crippen molar-refractivity contribution in [2.24, 2.45) is 5.92 Å². The highest BCUT2D eigenvalue weighted by Gasteiger charge is 2.43. The van der Waals surface area contributed by atoms with Gasteiger partial charge in [-0.25, -0.2) is 0 Å². The van der Waals surface area contributed by atoms with E-state index in [1.54, 1.807) is 0 Å². The molecule has 0 amide bonds. The molecule has 0 bridgehead atoms. The number of aliphatic hydroxyl groups is 1. The van der Waals surface area contributed by atoms with Crippen molar-refractivity contribution in [2.45, 2.75) is 24.9 Å². The van der Waals surface area contributed by atoms with E-state index in [2.05, 4.69) is 11.0 Å². The highest BCUT2D eigenvalue weighted by atomic mass is 16.3. The number of carbonyl (C=O) groups excluding carboxylic acids is 1. The third kappa shape index (κ3) is 2.79. The molecule has 3 rings (SSSR count). The first-order chi connectivity index (χ1) is 10.5. The Kier molecular flexibility index (Phi) is 4.02. The van der Waals surface area contributed by atoms with Gasteiger partial charge in [0.2, 0.25) is 0 Å². The molecular formula is C19H23NO2. The number of fused-ring (bicyclic) bond motifs is 1. The van der Waals surface area contributed by atoms with Gasteiger partial charge in [-0.15, -0.1) is 0 Å². The molecule has 2 atom stereocenters. The number of nitrogens with zero attached hydrogens (tertiary/aromatic N) is 1. The average Bonchev–Trinajstić information content (AvgIpc) is 2.49. The van der Waals surface area contributed by atoms with Crippen LogP contribution in [0.25, 0.3) is 10.8 Å². The molecule has 2 aromatic carbocycles. The van der Waals surface area contributed by atoms with Crippen LogP contribution < -0.4 is 0 Å². The number of Topliss-reactive ketones (excluding diaryl/α,β-unsaturated/α-hetero) is 1. The van der Waals surface area contributed by atoms with Crippen molar-refractivity contribution < 1.29 is 9.90 Å². The number of rotatable bonds is 3. The molecular weight excluding hydrogens is 274 g/mol. The van der Waals surface area contributed by atoms with Crippen LogP contribution in [0.1, 0.15) is 24.8 Å². The summed E-state index contributed by atoms with van der Waals surface area (Å²) in [5, 5.41) is 13.6. The molecule has 0 unspecified atom stereocenters. The Bertz CT molecular complexity index is 695. The zero-order valence-electron chi connectivity index (χ0n) is 13.2. The van der Waals surface area contributed by atoms with Crippen LogP contribution in [0.2, 0.25) is 0 Å². The maximum Gasteiger partial charge on any atom is 0.136 e. The van der Waals surface area contributed by atoms with Gasteiger partial charge in [0.15, 0.2) is 0 Å². The van der Waals surface area contributed by atoms with Crippen LogP contribution in [0.5, 0.6) is 0 Å². The number of hydrogen-bond acceptors (Lipinski definition) is 3. The van der Waals surface area contributed by atoms with Crippen molar-refractivity contribution in [2.75, 3.05) is 20.6 Å². The van der Waals surface area contributed by atoms with Crippen molar-refractivity contribution >= 4 is 16.6 Å². The molecule has 1 fully saturated rings. The maximum atomic E-state index is 12.0. The van der Waals surface area contributed by atoms with Crippen molar-refractivity contribution in [3.63, 3.8) is 0 Å². The second kappa shape index (κ2) is 5.82. The topological polar surface area (TPSA) is 40.5 Å². The summed E-state index contributed by atoms with van der Waals surface area (Å²) >= 11 is 0. The van der Waals surface area contributed by atoms with Gasteiger partial charge in [0, 0.05) is 25.3 Å². The Balaban J connectivity index is 2.03. The molecule has 1 aliphatic carbocycles. The molecule has 116 valence electrons. The van der Waals surface area contributed by atoms with Crippen molar-refractivity contribution in [1.82, 2.24) is 4.90 Å². The van der Waals surface area contributed by atoms with E-state index in [1.165, 1.54) is 0 Å². The smallest absolute Gasteiger partial charge is 0.136 e. The molecule has 0 spiro atoms. The van der Waals surface area contributed by atoms with Gasteiger partial charge < -0.3 is 10.0 Å². The molecule has 0 aromatic heterocycles. The van der Waals surface area contributed by atoms with Crippen LogP contribution in [0, 0.1) is 5.92 Å². The summed E-state index contributed by atoms with van der Waals surface area (Å²) in [5.41, 5.74) is -0.185. The molecule has 3 heteroatoms. The normalized spacial score (nSPS) is 25.8. The van der Waals surface area contributed by atoms with E-state index in [9.17, 15) is 9.90 Å². The van der Waals surface area contributed by atoms with E-state index in [-0.39, 0.29) is 18.1 Å². The lowest BCUT2D eigenvalue weighted by Gasteiger charge is -2.41. The molecule has 1 N–H and O–H groups in total. The molecule has 0 aliphatic heterocycles. The number of hydrogen-bond donors (Lipinski definition) is 1. The van der Waals surface area contributed by atoms with E-state index < -0.39 is 5.60 Å². The van der Waals surface area contributed by atoms with Crippen LogP contribution >= 0.6 is 0 Å². The summed E-state index contributed by atoms with van der Waals surface area (Å²) < 4.78 is 0. The van der Waals surface area contributed by atoms with Gasteiger partial charge in [0.05, 0.1) is 0 Å². The Morgan fingerprint density at radius 2 is 1.91 bits per heavy atom. The molecule has 3 nitrogen and oxygen atoms in total. The zero-order chi connectivity index (χ0) is 15.7. The molecule has 0 saturated heterocycles. The minimum Gasteiger partial charge on any atom is -0.384 e. The molecule has 0 radical (unpaired) electrons. The highest BCUT2D eigenvalue weighted by Crippen LogP contribution is 2.41. The monoisotopic (exact) mass is 297 g/mol. The summed E-state index contributed by atoms with van der Waals surface area (Å²) in [4.78, 5) is 14.1. The van der Waals surface area contributed by atoms with Crippen LogP contribution in [0.15, 0.2) is 42.5 Å². The van der Waals surface area contributed by atoms with Gasteiger partial charge in [-0.05, 0) is 42.9 Å². The van der Waals surface area contributed by atoms with Gasteiger partial charge in [-0.3, -0.25) is 4.79 Å². The SMILES string of the molecule is CN(C)C[C@H]1CCC(=O)C[C@]1(O)c1ccc2ccccc2c1. The van der Waals surface area contributed by atoms with Crippen molar-refractivity contribution in [1.29, 1.82) is 0 Å². The average molecular weight is 297 g/mol. The van der Waals surface area contributed by atoms with Crippen molar-refractivity contribution in [3.05, 3.63) is 48.0 Å². The van der Waals surface area contributed by atoms with E-state index >= 15 is 0 Å². The van der Waals surface area contributed by atoms with Gasteiger partial charge in [-0.1, -0.05) is 36.4 Å². The fourth-order valence-corrected chi connectivity index (χ4v) is 3.59. The summed E-state index contributed by atoms with van der Waals surface area (Å²) in [7, 11) is 4.02. The summed E-state index contributed by atoms with van der Waals surface area (Å²) in [6, 6.07) is 14.2. The minimum atomic E-state index is -1.05. The first-order valence-electron chi connectivity index (χ1n) is 7.87. The largest absolute Gasteiger partial charge is 0.384 e. The van der Waals surface area contributed by atoms with Gasteiger partial charge >= 0.3 is 0 Å². The summed E-state index contributed by atoms with van der Waals surface area (Å²) in [6.45, 7) is 0.788. The number of ketones is 1. The van der Waals surface area contributed by atoms with Crippen molar-refractivity contribution in [3.8, 4) is 0 Å². The lowest BCUT2D eigenvalue weighted by atomic mass is 9.70. The van der Waals surface area contributed by atoms with Crippen LogP contribution in [0.4, 0.5) is 0 Å². The van der Waals surface area contributed by atoms with Crippen LogP contribution in [-0.4, -0.2) is 36.4 Å². The zero-order valence-corrected chi connectivity index (χ0v) is 13.2. The lowest BCUT2D eigenvalue weighted by Crippen LogP contribution is -2.45. The van der Waals surface area contributed by atoms with E-state index in [0.29, 0.717) is 6.42 Å². The third-order valence-corrected chi connectivity index (χ3v) is 4.75. The Morgan fingerprint density at radius 3 is 2.64 bits per heavy atom. The molecule has 1 saturated carbocycles. The predicted molar refractivity (Wildman–Crippen MR) is 88.7 cm³/mol. The van der Waals surface area contributed by atoms with E-state index in [1.807, 2.05) is 50.5 Å². The molecule has 2 aromatic rings.